The number of carbonyl (C=O) groups excluding carboxylic acids is 2. The number of para-hydroxylation sites is 1. The molecular weight excluding hydrogens is 294 g/mol. The van der Waals surface area contributed by atoms with Gasteiger partial charge in [0.25, 0.3) is 0 Å². The highest BCUT2D eigenvalue weighted by atomic mass is 16.5. The predicted molar refractivity (Wildman–Crippen MR) is 87.3 cm³/mol. The number of nitrogens with zero attached hydrogens (tertiary/aromatic N) is 1. The van der Waals surface area contributed by atoms with Crippen LogP contribution in [0, 0.1) is 5.92 Å². The molecule has 1 saturated heterocycles. The van der Waals surface area contributed by atoms with Gasteiger partial charge in [-0.3, -0.25) is 9.59 Å². The van der Waals surface area contributed by atoms with E-state index in [2.05, 4.69) is 0 Å². The van der Waals surface area contributed by atoms with Gasteiger partial charge in [0.05, 0.1) is 19.6 Å². The average molecular weight is 319 g/mol. The standard InChI is InChI=1S/C18H25NO4/c1-3-23-16-7-5-4-6-14(16)8-9-17(20)19-12-10-15(11-13-19)18(21)22-2/h4-7,15H,3,8-13H2,1-2H3. The van der Waals surface area contributed by atoms with Crippen LogP contribution in [-0.2, 0) is 20.7 Å². The Kier molecular flexibility index (Phi) is 6.44. The zero-order chi connectivity index (χ0) is 16.7. The number of hydrogen-bond donors (Lipinski definition) is 0. The van der Waals surface area contributed by atoms with Crippen LogP contribution >= 0.6 is 0 Å². The Morgan fingerprint density at radius 1 is 1.22 bits per heavy atom. The van der Waals surface area contributed by atoms with Gasteiger partial charge >= 0.3 is 5.97 Å². The van der Waals surface area contributed by atoms with Gasteiger partial charge in [0, 0.05) is 19.5 Å². The van der Waals surface area contributed by atoms with Crippen molar-refractivity contribution in [2.75, 3.05) is 26.8 Å². The van der Waals surface area contributed by atoms with E-state index in [1.165, 1.54) is 7.11 Å². The quantitative estimate of drug-likeness (QED) is 0.756. The third-order valence-corrected chi connectivity index (χ3v) is 4.26. The van der Waals surface area contributed by atoms with E-state index in [1.807, 2.05) is 36.1 Å². The summed E-state index contributed by atoms with van der Waals surface area (Å²) in [5.74, 6) is 0.761. The number of amides is 1. The van der Waals surface area contributed by atoms with Crippen molar-refractivity contribution in [3.05, 3.63) is 29.8 Å². The van der Waals surface area contributed by atoms with Gasteiger partial charge in [0.15, 0.2) is 0 Å². The molecule has 0 unspecified atom stereocenters. The number of methoxy groups -OCH3 is 1. The number of carbonyl (C=O) groups is 2. The number of aryl methyl sites for hydroxylation is 1. The van der Waals surface area contributed by atoms with Crippen LogP contribution in [0.25, 0.3) is 0 Å². The molecule has 0 aliphatic carbocycles. The van der Waals surface area contributed by atoms with E-state index in [1.54, 1.807) is 0 Å². The van der Waals surface area contributed by atoms with E-state index in [0.29, 0.717) is 45.4 Å². The van der Waals surface area contributed by atoms with E-state index in [4.69, 9.17) is 9.47 Å². The molecule has 0 radical (unpaired) electrons. The van der Waals surface area contributed by atoms with Crippen LogP contribution in [0.1, 0.15) is 31.7 Å². The van der Waals surface area contributed by atoms with Crippen LogP contribution in [0.5, 0.6) is 5.75 Å². The largest absolute Gasteiger partial charge is 0.494 e. The molecular formula is C18H25NO4. The fraction of sp³-hybridized carbons (Fsp3) is 0.556. The topological polar surface area (TPSA) is 55.8 Å². The van der Waals surface area contributed by atoms with Crippen LogP contribution in [0.4, 0.5) is 0 Å². The molecule has 1 amide bonds. The third kappa shape index (κ3) is 4.71. The minimum absolute atomic E-state index is 0.0669. The molecule has 5 heteroatoms. The summed E-state index contributed by atoms with van der Waals surface area (Å²) >= 11 is 0. The van der Waals surface area contributed by atoms with Crippen molar-refractivity contribution in [1.29, 1.82) is 0 Å². The van der Waals surface area contributed by atoms with Gasteiger partial charge in [-0.2, -0.15) is 0 Å². The van der Waals surface area contributed by atoms with Crippen LogP contribution in [-0.4, -0.2) is 43.6 Å². The number of ether oxygens (including phenoxy) is 2. The molecule has 5 nitrogen and oxygen atoms in total. The Labute approximate surface area is 137 Å². The van der Waals surface area contributed by atoms with Crippen LogP contribution < -0.4 is 4.74 Å². The summed E-state index contributed by atoms with van der Waals surface area (Å²) < 4.78 is 10.4. The molecule has 0 aromatic heterocycles. The minimum Gasteiger partial charge on any atom is -0.494 e. The summed E-state index contributed by atoms with van der Waals surface area (Å²) in [7, 11) is 1.41. The normalized spacial score (nSPS) is 15.3. The Balaban J connectivity index is 1.83. The first-order valence-corrected chi connectivity index (χ1v) is 8.22. The van der Waals surface area contributed by atoms with E-state index in [-0.39, 0.29) is 17.8 Å². The summed E-state index contributed by atoms with van der Waals surface area (Å²) in [5.41, 5.74) is 1.06. The maximum Gasteiger partial charge on any atom is 0.308 e. The maximum atomic E-state index is 12.4. The van der Waals surface area contributed by atoms with Gasteiger partial charge in [0.2, 0.25) is 5.91 Å². The molecule has 2 rings (SSSR count). The first-order valence-electron chi connectivity index (χ1n) is 8.22. The fourth-order valence-corrected chi connectivity index (χ4v) is 2.94. The molecule has 1 fully saturated rings. The molecule has 1 aromatic rings. The first-order chi connectivity index (χ1) is 11.2. The van der Waals surface area contributed by atoms with Crippen molar-refractivity contribution in [1.82, 2.24) is 4.90 Å². The lowest BCUT2D eigenvalue weighted by molar-refractivity contribution is -0.148. The van der Waals surface area contributed by atoms with Gasteiger partial charge in [-0.25, -0.2) is 0 Å². The predicted octanol–water partition coefficient (Wildman–Crippen LogP) is 2.43. The van der Waals surface area contributed by atoms with Crippen molar-refractivity contribution in [3.63, 3.8) is 0 Å². The van der Waals surface area contributed by atoms with Crippen LogP contribution in [0.3, 0.4) is 0 Å². The van der Waals surface area contributed by atoms with Crippen molar-refractivity contribution < 1.29 is 19.1 Å². The number of rotatable bonds is 6. The molecule has 23 heavy (non-hydrogen) atoms. The zero-order valence-corrected chi connectivity index (χ0v) is 13.9. The highest BCUT2D eigenvalue weighted by molar-refractivity contribution is 5.77. The lowest BCUT2D eigenvalue weighted by Gasteiger charge is -2.30. The second-order valence-corrected chi connectivity index (χ2v) is 5.72. The lowest BCUT2D eigenvalue weighted by Crippen LogP contribution is -2.40. The molecule has 126 valence electrons. The monoisotopic (exact) mass is 319 g/mol. The van der Waals surface area contributed by atoms with Gasteiger partial charge < -0.3 is 14.4 Å². The lowest BCUT2D eigenvalue weighted by atomic mass is 9.96. The van der Waals surface area contributed by atoms with E-state index in [0.717, 1.165) is 11.3 Å². The summed E-state index contributed by atoms with van der Waals surface area (Å²) in [6, 6.07) is 7.84. The Morgan fingerprint density at radius 2 is 1.91 bits per heavy atom. The van der Waals surface area contributed by atoms with Gasteiger partial charge in [0.1, 0.15) is 5.75 Å². The summed E-state index contributed by atoms with van der Waals surface area (Å²) in [6.45, 7) is 3.83. The molecule has 1 aliphatic heterocycles. The fourth-order valence-electron chi connectivity index (χ4n) is 2.94. The summed E-state index contributed by atoms with van der Waals surface area (Å²) in [6.07, 6.45) is 2.51. The second-order valence-electron chi connectivity index (χ2n) is 5.72. The smallest absolute Gasteiger partial charge is 0.308 e. The molecule has 1 aromatic carbocycles. The molecule has 1 heterocycles. The van der Waals surface area contributed by atoms with E-state index < -0.39 is 0 Å². The molecule has 0 atom stereocenters. The molecule has 0 spiro atoms. The van der Waals surface area contributed by atoms with E-state index in [9.17, 15) is 9.59 Å². The van der Waals surface area contributed by atoms with Crippen molar-refractivity contribution >= 4 is 11.9 Å². The Hall–Kier alpha value is -2.04. The molecule has 0 N–H and O–H groups in total. The van der Waals surface area contributed by atoms with Crippen molar-refractivity contribution in [2.24, 2.45) is 5.92 Å². The number of hydrogen-bond acceptors (Lipinski definition) is 4. The SMILES string of the molecule is CCOc1ccccc1CCC(=O)N1CCC(C(=O)OC)CC1. The van der Waals surface area contributed by atoms with E-state index >= 15 is 0 Å². The molecule has 0 saturated carbocycles. The Bertz CT molecular complexity index is 536. The van der Waals surface area contributed by atoms with Gasteiger partial charge in [-0.1, -0.05) is 18.2 Å². The first kappa shape index (κ1) is 17.3. The molecule has 1 aliphatic rings. The third-order valence-electron chi connectivity index (χ3n) is 4.26. The van der Waals surface area contributed by atoms with Crippen molar-refractivity contribution in [2.45, 2.75) is 32.6 Å². The number of piperidine rings is 1. The number of likely N-dealkylation sites (tertiary alicyclic amines) is 1. The minimum atomic E-state index is -0.164. The number of benzene rings is 1. The highest BCUT2D eigenvalue weighted by Gasteiger charge is 2.27. The highest BCUT2D eigenvalue weighted by Crippen LogP contribution is 2.22. The van der Waals surface area contributed by atoms with Gasteiger partial charge in [-0.15, -0.1) is 0 Å². The summed E-state index contributed by atoms with van der Waals surface area (Å²) in [4.78, 5) is 25.7. The zero-order valence-electron chi connectivity index (χ0n) is 13.9. The van der Waals surface area contributed by atoms with Crippen LogP contribution in [0.15, 0.2) is 24.3 Å². The average Bonchev–Trinajstić information content (AvgIpc) is 2.60. The Morgan fingerprint density at radius 3 is 2.57 bits per heavy atom. The number of esters is 1. The second kappa shape index (κ2) is 8.56. The maximum absolute atomic E-state index is 12.4. The van der Waals surface area contributed by atoms with Crippen LogP contribution in [0.2, 0.25) is 0 Å². The van der Waals surface area contributed by atoms with Gasteiger partial charge in [-0.05, 0) is 37.8 Å². The van der Waals surface area contributed by atoms with Crippen molar-refractivity contribution in [3.8, 4) is 5.75 Å². The molecule has 0 bridgehead atoms. The summed E-state index contributed by atoms with van der Waals surface area (Å²) in [5, 5.41) is 0.